The third-order valence-electron chi connectivity index (χ3n) is 2.86. The average molecular weight is 219 g/mol. The Kier molecular flexibility index (Phi) is 2.55. The molecule has 6 heteroatoms. The highest BCUT2D eigenvalue weighted by Gasteiger charge is 2.45. The molecule has 0 amide bonds. The van der Waals surface area contributed by atoms with Gasteiger partial charge in [-0.3, -0.25) is 0 Å². The monoisotopic (exact) mass is 219 g/mol. The summed E-state index contributed by atoms with van der Waals surface area (Å²) in [7, 11) is -3.16. The zero-order valence-electron chi connectivity index (χ0n) is 8.60. The number of fused-ring (bicyclic) bond motifs is 1. The zero-order chi connectivity index (χ0) is 10.3. The molecule has 2 fully saturated rings. The lowest BCUT2D eigenvalue weighted by atomic mass is 10.2. The van der Waals surface area contributed by atoms with Crippen molar-refractivity contribution in [2.24, 2.45) is 0 Å². The van der Waals surface area contributed by atoms with Gasteiger partial charge in [0, 0.05) is 32.2 Å². The van der Waals surface area contributed by atoms with Crippen LogP contribution in [0.5, 0.6) is 0 Å². The van der Waals surface area contributed by atoms with Gasteiger partial charge in [-0.1, -0.05) is 0 Å². The van der Waals surface area contributed by atoms with E-state index in [2.05, 4.69) is 5.32 Å². The highest BCUT2D eigenvalue weighted by Crippen LogP contribution is 2.25. The Balaban J connectivity index is 2.26. The minimum atomic E-state index is -3.16. The molecular formula is C8H17N3O2S. The van der Waals surface area contributed by atoms with E-state index in [1.54, 1.807) is 8.61 Å². The lowest BCUT2D eigenvalue weighted by molar-refractivity contribution is 0.283. The third-order valence-corrected chi connectivity index (χ3v) is 5.09. The van der Waals surface area contributed by atoms with Gasteiger partial charge in [0.2, 0.25) is 0 Å². The molecule has 2 aliphatic rings. The van der Waals surface area contributed by atoms with E-state index in [0.29, 0.717) is 13.1 Å². The van der Waals surface area contributed by atoms with Crippen molar-refractivity contribution in [3.8, 4) is 0 Å². The summed E-state index contributed by atoms with van der Waals surface area (Å²) in [5, 5.41) is 3.22. The molecule has 2 rings (SSSR count). The van der Waals surface area contributed by atoms with E-state index in [-0.39, 0.29) is 12.1 Å². The Labute approximate surface area is 85.2 Å². The van der Waals surface area contributed by atoms with E-state index < -0.39 is 10.2 Å². The van der Waals surface area contributed by atoms with Crippen molar-refractivity contribution in [3.63, 3.8) is 0 Å². The highest BCUT2D eigenvalue weighted by molar-refractivity contribution is 7.87. The SMILES string of the molecule is CC(C)N1CC2CNCCN2S1(=O)=O. The Bertz CT molecular complexity index is 307. The van der Waals surface area contributed by atoms with Crippen LogP contribution in [0.15, 0.2) is 0 Å². The molecule has 0 spiro atoms. The fourth-order valence-corrected chi connectivity index (χ4v) is 4.12. The van der Waals surface area contributed by atoms with Crippen molar-refractivity contribution in [3.05, 3.63) is 0 Å². The van der Waals surface area contributed by atoms with Gasteiger partial charge in [0.25, 0.3) is 10.2 Å². The summed E-state index contributed by atoms with van der Waals surface area (Å²) in [6.45, 7) is 6.63. The van der Waals surface area contributed by atoms with Crippen LogP contribution in [0.2, 0.25) is 0 Å². The van der Waals surface area contributed by atoms with E-state index in [1.807, 2.05) is 13.8 Å². The average Bonchev–Trinajstić information content (AvgIpc) is 2.39. The predicted molar refractivity (Wildman–Crippen MR) is 54.1 cm³/mol. The molecule has 0 bridgehead atoms. The first-order valence-corrected chi connectivity index (χ1v) is 6.42. The van der Waals surface area contributed by atoms with Gasteiger partial charge in [0.1, 0.15) is 0 Å². The zero-order valence-corrected chi connectivity index (χ0v) is 9.42. The van der Waals surface area contributed by atoms with Crippen molar-refractivity contribution in [1.29, 1.82) is 0 Å². The Morgan fingerprint density at radius 1 is 1.43 bits per heavy atom. The number of nitrogens with one attached hydrogen (secondary N) is 1. The molecule has 0 saturated carbocycles. The van der Waals surface area contributed by atoms with Crippen LogP contribution in [0.25, 0.3) is 0 Å². The van der Waals surface area contributed by atoms with Gasteiger partial charge in [0.15, 0.2) is 0 Å². The fraction of sp³-hybridized carbons (Fsp3) is 1.00. The van der Waals surface area contributed by atoms with Gasteiger partial charge in [-0.05, 0) is 13.8 Å². The van der Waals surface area contributed by atoms with Gasteiger partial charge < -0.3 is 5.32 Å². The van der Waals surface area contributed by atoms with Crippen molar-refractivity contribution in [2.45, 2.75) is 25.9 Å². The second kappa shape index (κ2) is 3.44. The predicted octanol–water partition coefficient (Wildman–Crippen LogP) is -0.771. The number of nitrogens with zero attached hydrogens (tertiary/aromatic N) is 2. The molecule has 2 saturated heterocycles. The van der Waals surface area contributed by atoms with Gasteiger partial charge in [-0.2, -0.15) is 17.0 Å². The Hall–Kier alpha value is -0.170. The maximum atomic E-state index is 12.0. The van der Waals surface area contributed by atoms with Gasteiger partial charge >= 0.3 is 0 Å². The maximum absolute atomic E-state index is 12.0. The summed E-state index contributed by atoms with van der Waals surface area (Å²) in [5.41, 5.74) is 0. The van der Waals surface area contributed by atoms with Crippen LogP contribution in [0.3, 0.4) is 0 Å². The van der Waals surface area contributed by atoms with Crippen LogP contribution in [0.4, 0.5) is 0 Å². The summed E-state index contributed by atoms with van der Waals surface area (Å²) in [6.07, 6.45) is 0. The highest BCUT2D eigenvalue weighted by atomic mass is 32.2. The lowest BCUT2D eigenvalue weighted by Gasteiger charge is -2.27. The molecule has 1 atom stereocenters. The van der Waals surface area contributed by atoms with E-state index in [0.717, 1.165) is 13.1 Å². The molecule has 2 aliphatic heterocycles. The third kappa shape index (κ3) is 1.46. The van der Waals surface area contributed by atoms with Crippen LogP contribution in [-0.2, 0) is 10.2 Å². The van der Waals surface area contributed by atoms with Crippen LogP contribution in [0, 0.1) is 0 Å². The van der Waals surface area contributed by atoms with Gasteiger partial charge in [0.05, 0.1) is 6.04 Å². The first-order chi connectivity index (χ1) is 6.53. The molecule has 5 nitrogen and oxygen atoms in total. The standard InChI is InChI=1S/C8H17N3O2S/c1-7(2)11-6-8-5-9-3-4-10(8)14(11,12)13/h7-9H,3-6H2,1-2H3. The molecule has 0 radical (unpaired) electrons. The number of piperazine rings is 1. The van der Waals surface area contributed by atoms with Crippen LogP contribution in [0.1, 0.15) is 13.8 Å². The smallest absolute Gasteiger partial charge is 0.282 e. The van der Waals surface area contributed by atoms with Crippen molar-refractivity contribution < 1.29 is 8.42 Å². The number of rotatable bonds is 1. The first kappa shape index (κ1) is 10.4. The topological polar surface area (TPSA) is 52.6 Å². The van der Waals surface area contributed by atoms with E-state index in [9.17, 15) is 8.42 Å². The molecule has 1 N–H and O–H groups in total. The molecular weight excluding hydrogens is 202 g/mol. The van der Waals surface area contributed by atoms with E-state index >= 15 is 0 Å². The molecule has 0 aromatic carbocycles. The van der Waals surface area contributed by atoms with Crippen molar-refractivity contribution >= 4 is 10.2 Å². The Morgan fingerprint density at radius 2 is 2.14 bits per heavy atom. The summed E-state index contributed by atoms with van der Waals surface area (Å²) in [5.74, 6) is 0. The Morgan fingerprint density at radius 3 is 2.71 bits per heavy atom. The van der Waals surface area contributed by atoms with E-state index in [4.69, 9.17) is 0 Å². The second-order valence-electron chi connectivity index (χ2n) is 4.14. The number of hydrogen-bond acceptors (Lipinski definition) is 3. The van der Waals surface area contributed by atoms with Crippen LogP contribution >= 0.6 is 0 Å². The summed E-state index contributed by atoms with van der Waals surface area (Å²) >= 11 is 0. The summed E-state index contributed by atoms with van der Waals surface area (Å²) in [4.78, 5) is 0. The maximum Gasteiger partial charge on any atom is 0.282 e. The van der Waals surface area contributed by atoms with E-state index in [1.165, 1.54) is 0 Å². The molecule has 0 aromatic heterocycles. The minimum Gasteiger partial charge on any atom is -0.314 e. The van der Waals surface area contributed by atoms with Crippen molar-refractivity contribution in [2.75, 3.05) is 26.2 Å². The first-order valence-electron chi connectivity index (χ1n) is 5.03. The molecule has 2 heterocycles. The minimum absolute atomic E-state index is 0.0607. The normalized spacial score (nSPS) is 33.5. The van der Waals surface area contributed by atoms with Crippen LogP contribution < -0.4 is 5.32 Å². The molecule has 0 aliphatic carbocycles. The summed E-state index contributed by atoms with van der Waals surface area (Å²) < 4.78 is 27.2. The van der Waals surface area contributed by atoms with Gasteiger partial charge in [-0.15, -0.1) is 0 Å². The van der Waals surface area contributed by atoms with Crippen molar-refractivity contribution in [1.82, 2.24) is 13.9 Å². The molecule has 14 heavy (non-hydrogen) atoms. The number of hydrogen-bond donors (Lipinski definition) is 1. The molecule has 0 aromatic rings. The second-order valence-corrected chi connectivity index (χ2v) is 5.97. The summed E-state index contributed by atoms with van der Waals surface area (Å²) in [6, 6.07) is 0.196. The quantitative estimate of drug-likeness (QED) is 0.630. The largest absolute Gasteiger partial charge is 0.314 e. The molecule has 82 valence electrons. The van der Waals surface area contributed by atoms with Crippen LogP contribution in [-0.4, -0.2) is 55.3 Å². The lowest BCUT2D eigenvalue weighted by Crippen LogP contribution is -2.50. The fourth-order valence-electron chi connectivity index (χ4n) is 2.12. The van der Waals surface area contributed by atoms with Gasteiger partial charge in [-0.25, -0.2) is 0 Å². The molecule has 1 unspecified atom stereocenters.